The molecule has 0 amide bonds. The summed E-state index contributed by atoms with van der Waals surface area (Å²) in [4.78, 5) is 36.2. The van der Waals surface area contributed by atoms with Gasteiger partial charge in [0, 0.05) is 4.47 Å². The van der Waals surface area contributed by atoms with E-state index in [1.54, 1.807) is 12.1 Å². The third kappa shape index (κ3) is 3.06. The van der Waals surface area contributed by atoms with E-state index in [4.69, 9.17) is 4.74 Å². The highest BCUT2D eigenvalue weighted by Gasteiger charge is 2.49. The van der Waals surface area contributed by atoms with Crippen molar-refractivity contribution < 1.29 is 23.9 Å². The molecule has 2 rings (SSSR count). The van der Waals surface area contributed by atoms with Crippen molar-refractivity contribution in [3.8, 4) is 0 Å². The summed E-state index contributed by atoms with van der Waals surface area (Å²) in [6.07, 6.45) is -0.697. The van der Waals surface area contributed by atoms with Crippen LogP contribution in [-0.4, -0.2) is 24.8 Å². The number of hydrogen-bond acceptors (Lipinski definition) is 5. The second kappa shape index (κ2) is 6.20. The summed E-state index contributed by atoms with van der Waals surface area (Å²) in [6, 6.07) is 7.21. The molecule has 22 heavy (non-hydrogen) atoms. The quantitative estimate of drug-likeness (QED) is 0.603. The molecule has 0 aromatic heterocycles. The Morgan fingerprint density at radius 3 is 2.41 bits per heavy atom. The highest BCUT2D eigenvalue weighted by atomic mass is 79.9. The Kier molecular flexibility index (Phi) is 4.70. The molecular weight excluding hydrogens is 352 g/mol. The van der Waals surface area contributed by atoms with Gasteiger partial charge in [-0.2, -0.15) is 0 Å². The van der Waals surface area contributed by atoms with Gasteiger partial charge in [0.05, 0.1) is 19.4 Å². The lowest BCUT2D eigenvalue weighted by Gasteiger charge is -2.25. The van der Waals surface area contributed by atoms with Gasteiger partial charge in [0.2, 0.25) is 0 Å². The Hall–Kier alpha value is -1.69. The molecule has 1 aliphatic rings. The first-order valence-electron chi connectivity index (χ1n) is 6.85. The molecule has 1 aliphatic heterocycles. The summed E-state index contributed by atoms with van der Waals surface area (Å²) in [5.74, 6) is -2.10. The Morgan fingerprint density at radius 1 is 1.27 bits per heavy atom. The van der Waals surface area contributed by atoms with Crippen LogP contribution in [0.25, 0.3) is 0 Å². The number of ketones is 1. The molecule has 2 atom stereocenters. The Labute approximate surface area is 137 Å². The van der Waals surface area contributed by atoms with Crippen LogP contribution in [-0.2, 0) is 23.9 Å². The zero-order valence-corrected chi connectivity index (χ0v) is 14.2. The van der Waals surface area contributed by atoms with Gasteiger partial charge in [0.25, 0.3) is 0 Å². The molecule has 1 aromatic carbocycles. The SMILES string of the molecule is COC(=O)C(C)(C)C(=O)C1CC(=O)OC1c1ccc(Br)cc1. The molecule has 6 heteroatoms. The van der Waals surface area contributed by atoms with Crippen molar-refractivity contribution in [3.63, 3.8) is 0 Å². The summed E-state index contributed by atoms with van der Waals surface area (Å²) in [5, 5.41) is 0. The standard InChI is InChI=1S/C16H17BrO5/c1-16(2,15(20)21-3)14(19)11-8-12(18)22-13(11)9-4-6-10(17)7-5-9/h4-7,11,13H,8H2,1-3H3. The Balaban J connectivity index is 2.31. The topological polar surface area (TPSA) is 69.7 Å². The minimum atomic E-state index is -1.32. The number of hydrogen-bond donors (Lipinski definition) is 0. The van der Waals surface area contributed by atoms with Gasteiger partial charge in [-0.05, 0) is 31.5 Å². The number of methoxy groups -OCH3 is 1. The molecule has 1 fully saturated rings. The van der Waals surface area contributed by atoms with Crippen molar-refractivity contribution in [3.05, 3.63) is 34.3 Å². The van der Waals surface area contributed by atoms with Crippen LogP contribution in [0.5, 0.6) is 0 Å². The molecule has 0 N–H and O–H groups in total. The Morgan fingerprint density at radius 2 is 1.86 bits per heavy atom. The average Bonchev–Trinajstić information content (AvgIpc) is 2.88. The normalized spacial score (nSPS) is 21.4. The second-order valence-corrected chi connectivity index (χ2v) is 6.67. The van der Waals surface area contributed by atoms with Crippen molar-refractivity contribution in [1.29, 1.82) is 0 Å². The fourth-order valence-electron chi connectivity index (χ4n) is 2.56. The van der Waals surface area contributed by atoms with Crippen molar-refractivity contribution in [1.82, 2.24) is 0 Å². The molecular formula is C16H17BrO5. The maximum Gasteiger partial charge on any atom is 0.318 e. The lowest BCUT2D eigenvalue weighted by molar-refractivity contribution is -0.157. The van der Waals surface area contributed by atoms with E-state index in [0.29, 0.717) is 0 Å². The minimum absolute atomic E-state index is 0.0278. The van der Waals surface area contributed by atoms with E-state index < -0.39 is 29.4 Å². The van der Waals surface area contributed by atoms with Gasteiger partial charge in [0.15, 0.2) is 5.78 Å². The summed E-state index contributed by atoms with van der Waals surface area (Å²) in [7, 11) is 1.24. The van der Waals surface area contributed by atoms with E-state index in [2.05, 4.69) is 20.7 Å². The average molecular weight is 369 g/mol. The summed E-state index contributed by atoms with van der Waals surface area (Å²) in [6.45, 7) is 3.01. The molecule has 0 saturated carbocycles. The lowest BCUT2D eigenvalue weighted by atomic mass is 9.77. The third-order valence-electron chi connectivity index (χ3n) is 3.86. The molecule has 1 saturated heterocycles. The molecule has 2 unspecified atom stereocenters. The van der Waals surface area contributed by atoms with E-state index in [1.165, 1.54) is 21.0 Å². The first-order chi connectivity index (χ1) is 10.3. The van der Waals surface area contributed by atoms with Crippen LogP contribution in [0.1, 0.15) is 31.9 Å². The zero-order valence-electron chi connectivity index (χ0n) is 12.6. The largest absolute Gasteiger partial charge is 0.468 e. The van der Waals surface area contributed by atoms with E-state index in [9.17, 15) is 14.4 Å². The van der Waals surface area contributed by atoms with E-state index in [-0.39, 0.29) is 12.2 Å². The molecule has 5 nitrogen and oxygen atoms in total. The van der Waals surface area contributed by atoms with E-state index in [1.807, 2.05) is 12.1 Å². The summed E-state index contributed by atoms with van der Waals surface area (Å²) >= 11 is 3.33. The fourth-order valence-corrected chi connectivity index (χ4v) is 2.83. The lowest BCUT2D eigenvalue weighted by Crippen LogP contribution is -2.39. The van der Waals surface area contributed by atoms with Gasteiger partial charge in [-0.3, -0.25) is 14.4 Å². The van der Waals surface area contributed by atoms with Crippen LogP contribution in [0, 0.1) is 11.3 Å². The number of Topliss-reactive ketones (excluding diaryl/α,β-unsaturated/α-hetero) is 1. The number of esters is 2. The predicted molar refractivity (Wildman–Crippen MR) is 81.9 cm³/mol. The van der Waals surface area contributed by atoms with Crippen LogP contribution in [0.4, 0.5) is 0 Å². The number of benzene rings is 1. The first kappa shape index (κ1) is 16.7. The number of ether oxygens (including phenoxy) is 2. The highest BCUT2D eigenvalue weighted by molar-refractivity contribution is 9.10. The fraction of sp³-hybridized carbons (Fsp3) is 0.438. The van der Waals surface area contributed by atoms with Crippen molar-refractivity contribution in [2.24, 2.45) is 11.3 Å². The summed E-state index contributed by atoms with van der Waals surface area (Å²) in [5.41, 5.74) is -0.589. The van der Waals surface area contributed by atoms with Crippen molar-refractivity contribution >= 4 is 33.7 Å². The molecule has 1 heterocycles. The predicted octanol–water partition coefficient (Wildman–Crippen LogP) is 2.82. The molecule has 0 spiro atoms. The molecule has 118 valence electrons. The second-order valence-electron chi connectivity index (χ2n) is 5.75. The van der Waals surface area contributed by atoms with Crippen molar-refractivity contribution in [2.75, 3.05) is 7.11 Å². The number of rotatable bonds is 4. The molecule has 0 radical (unpaired) electrons. The van der Waals surface area contributed by atoms with Crippen LogP contribution in [0.3, 0.4) is 0 Å². The zero-order chi connectivity index (χ0) is 16.5. The Bertz CT molecular complexity index is 605. The van der Waals surface area contributed by atoms with Gasteiger partial charge in [-0.25, -0.2) is 0 Å². The smallest absolute Gasteiger partial charge is 0.318 e. The maximum atomic E-state index is 12.7. The highest BCUT2D eigenvalue weighted by Crippen LogP contribution is 2.40. The van der Waals surface area contributed by atoms with Gasteiger partial charge in [-0.15, -0.1) is 0 Å². The molecule has 0 bridgehead atoms. The minimum Gasteiger partial charge on any atom is -0.468 e. The van der Waals surface area contributed by atoms with Gasteiger partial charge < -0.3 is 9.47 Å². The van der Waals surface area contributed by atoms with Crippen LogP contribution in [0.15, 0.2) is 28.7 Å². The van der Waals surface area contributed by atoms with Crippen LogP contribution >= 0.6 is 15.9 Å². The van der Waals surface area contributed by atoms with Gasteiger partial charge >= 0.3 is 11.9 Å². The number of carbonyl (C=O) groups is 3. The third-order valence-corrected chi connectivity index (χ3v) is 4.39. The van der Waals surface area contributed by atoms with Gasteiger partial charge in [-0.1, -0.05) is 28.1 Å². The summed E-state index contributed by atoms with van der Waals surface area (Å²) < 4.78 is 10.9. The number of carbonyl (C=O) groups excluding carboxylic acids is 3. The van der Waals surface area contributed by atoms with Crippen molar-refractivity contribution in [2.45, 2.75) is 26.4 Å². The van der Waals surface area contributed by atoms with Crippen LogP contribution < -0.4 is 0 Å². The maximum absolute atomic E-state index is 12.7. The first-order valence-corrected chi connectivity index (χ1v) is 7.64. The monoisotopic (exact) mass is 368 g/mol. The number of halogens is 1. The van der Waals surface area contributed by atoms with Gasteiger partial charge in [0.1, 0.15) is 11.5 Å². The molecule has 0 aliphatic carbocycles. The number of cyclic esters (lactones) is 1. The van der Waals surface area contributed by atoms with Crippen LogP contribution in [0.2, 0.25) is 0 Å². The van der Waals surface area contributed by atoms with E-state index >= 15 is 0 Å². The van der Waals surface area contributed by atoms with E-state index in [0.717, 1.165) is 10.0 Å². The molecule has 1 aromatic rings.